The first-order valence-electron chi connectivity index (χ1n) is 5.17. The molecule has 3 rings (SSSR count). The van der Waals surface area contributed by atoms with Crippen LogP contribution in [0.25, 0.3) is 20.9 Å². The summed E-state index contributed by atoms with van der Waals surface area (Å²) in [5.74, 6) is 1.08. The number of aryl methyl sites for hydroxylation is 2. The van der Waals surface area contributed by atoms with Gasteiger partial charge in [-0.25, -0.2) is 0 Å². The van der Waals surface area contributed by atoms with Crippen LogP contribution in [0.15, 0.2) is 22.6 Å². The third-order valence-corrected chi connectivity index (χ3v) is 3.90. The van der Waals surface area contributed by atoms with Crippen LogP contribution in [0.5, 0.6) is 0 Å². The number of hydrogen-bond donors (Lipinski definition) is 0. The third-order valence-electron chi connectivity index (χ3n) is 2.68. The fraction of sp³-hybridized carbons (Fsp3) is 0.167. The van der Waals surface area contributed by atoms with Gasteiger partial charge < -0.3 is 4.42 Å². The minimum atomic E-state index is 0.354. The molecule has 3 aromatic heterocycles. The van der Waals surface area contributed by atoms with Crippen molar-refractivity contribution in [3.05, 3.63) is 29.7 Å². The highest BCUT2D eigenvalue weighted by molar-refractivity contribution is 7.21. The molecule has 0 aromatic carbocycles. The number of hydrogen-bond acceptors (Lipinski definition) is 4. The zero-order valence-corrected chi connectivity index (χ0v) is 10.2. The fourth-order valence-corrected chi connectivity index (χ4v) is 2.96. The van der Waals surface area contributed by atoms with E-state index in [0.29, 0.717) is 12.0 Å². The van der Waals surface area contributed by atoms with E-state index in [-0.39, 0.29) is 0 Å². The lowest BCUT2D eigenvalue weighted by atomic mass is 10.3. The molecule has 17 heavy (non-hydrogen) atoms. The zero-order valence-electron chi connectivity index (χ0n) is 9.43. The second-order valence-electron chi connectivity index (χ2n) is 3.86. The molecule has 0 fully saturated rings. The molecule has 0 N–H and O–H groups in total. The molecule has 5 heteroatoms. The number of nitrogens with zero attached hydrogens (tertiary/aromatic N) is 2. The first-order valence-corrected chi connectivity index (χ1v) is 5.99. The Morgan fingerprint density at radius 1 is 1.47 bits per heavy atom. The number of aromatic nitrogens is 2. The summed E-state index contributed by atoms with van der Waals surface area (Å²) in [6.07, 6.45) is 0.712. The van der Waals surface area contributed by atoms with Crippen molar-refractivity contribution in [1.82, 2.24) is 9.78 Å². The summed E-state index contributed by atoms with van der Waals surface area (Å²) < 4.78 is 7.27. The maximum absolute atomic E-state index is 10.6. The minimum absolute atomic E-state index is 0.354. The molecule has 0 spiro atoms. The number of aldehydes is 1. The highest BCUT2D eigenvalue weighted by Crippen LogP contribution is 2.35. The van der Waals surface area contributed by atoms with Crippen LogP contribution in [0.1, 0.15) is 16.2 Å². The lowest BCUT2D eigenvalue weighted by molar-refractivity contribution is 0.110. The van der Waals surface area contributed by atoms with Gasteiger partial charge in [0.25, 0.3) is 0 Å². The van der Waals surface area contributed by atoms with Gasteiger partial charge in [-0.05, 0) is 25.1 Å². The Labute approximate surface area is 101 Å². The van der Waals surface area contributed by atoms with Gasteiger partial charge in [-0.1, -0.05) is 0 Å². The molecule has 0 atom stereocenters. The molecule has 0 bridgehead atoms. The van der Waals surface area contributed by atoms with E-state index in [1.807, 2.05) is 24.7 Å². The Balaban J connectivity index is 2.17. The average molecular weight is 246 g/mol. The topological polar surface area (TPSA) is 48.0 Å². The number of fused-ring (bicyclic) bond motifs is 1. The molecule has 0 radical (unpaired) electrons. The Kier molecular flexibility index (Phi) is 2.16. The number of carbonyl (C=O) groups excluding carboxylic acids is 1. The maximum atomic E-state index is 10.6. The summed E-state index contributed by atoms with van der Waals surface area (Å²) in [5, 5.41) is 5.48. The van der Waals surface area contributed by atoms with Crippen molar-refractivity contribution in [3.8, 4) is 10.6 Å². The smallest absolute Gasteiger partial charge is 0.185 e. The summed E-state index contributed by atoms with van der Waals surface area (Å²) in [7, 11) is 1.93. The van der Waals surface area contributed by atoms with Crippen LogP contribution in [0, 0.1) is 6.92 Å². The van der Waals surface area contributed by atoms with Crippen molar-refractivity contribution in [3.63, 3.8) is 0 Å². The van der Waals surface area contributed by atoms with Gasteiger partial charge in [0.1, 0.15) is 10.6 Å². The van der Waals surface area contributed by atoms with E-state index in [1.165, 1.54) is 0 Å². The fourth-order valence-electron chi connectivity index (χ4n) is 1.88. The Morgan fingerprint density at radius 2 is 2.29 bits per heavy atom. The van der Waals surface area contributed by atoms with Crippen molar-refractivity contribution in [2.24, 2.45) is 7.05 Å². The SMILES string of the molecule is Cc1nn(C)c2sc(-c3ccc(C=O)o3)cc12. The highest BCUT2D eigenvalue weighted by atomic mass is 32.1. The van der Waals surface area contributed by atoms with Crippen LogP contribution in [0.2, 0.25) is 0 Å². The standard InChI is InChI=1S/C12H10N2O2S/c1-7-9-5-11(17-12(9)14(2)13-7)10-4-3-8(6-15)16-10/h3-6H,1-2H3. The van der Waals surface area contributed by atoms with Crippen LogP contribution in [-0.2, 0) is 7.05 Å². The first-order chi connectivity index (χ1) is 8.19. The van der Waals surface area contributed by atoms with E-state index >= 15 is 0 Å². The minimum Gasteiger partial charge on any atom is -0.452 e. The molecule has 0 amide bonds. The van der Waals surface area contributed by atoms with Gasteiger partial charge in [-0.15, -0.1) is 11.3 Å². The molecule has 3 heterocycles. The van der Waals surface area contributed by atoms with Crippen LogP contribution in [0.4, 0.5) is 0 Å². The van der Waals surface area contributed by atoms with E-state index in [1.54, 1.807) is 17.4 Å². The van der Waals surface area contributed by atoms with E-state index in [2.05, 4.69) is 11.2 Å². The molecule has 4 nitrogen and oxygen atoms in total. The summed E-state index contributed by atoms with van der Waals surface area (Å²) in [6, 6.07) is 5.55. The molecule has 0 aliphatic carbocycles. The Morgan fingerprint density at radius 3 is 2.94 bits per heavy atom. The van der Waals surface area contributed by atoms with E-state index in [4.69, 9.17) is 4.42 Å². The van der Waals surface area contributed by atoms with Crippen LogP contribution < -0.4 is 0 Å². The maximum Gasteiger partial charge on any atom is 0.185 e. The molecule has 0 aliphatic rings. The average Bonchev–Trinajstić information content (AvgIpc) is 2.98. The van der Waals surface area contributed by atoms with Crippen LogP contribution in [0.3, 0.4) is 0 Å². The molecule has 0 unspecified atom stereocenters. The van der Waals surface area contributed by atoms with Crippen molar-refractivity contribution in [2.75, 3.05) is 0 Å². The predicted octanol–water partition coefficient (Wildman–Crippen LogP) is 3.02. The predicted molar refractivity (Wildman–Crippen MR) is 66.4 cm³/mol. The first kappa shape index (κ1) is 10.3. The monoisotopic (exact) mass is 246 g/mol. The van der Waals surface area contributed by atoms with E-state index < -0.39 is 0 Å². The van der Waals surface area contributed by atoms with Gasteiger partial charge in [-0.3, -0.25) is 9.48 Å². The van der Waals surface area contributed by atoms with Gasteiger partial charge in [0.05, 0.1) is 10.6 Å². The summed E-state index contributed by atoms with van der Waals surface area (Å²) in [4.78, 5) is 12.7. The normalized spacial score (nSPS) is 11.2. The van der Waals surface area contributed by atoms with E-state index in [0.717, 1.165) is 26.5 Å². The van der Waals surface area contributed by atoms with Crippen LogP contribution >= 0.6 is 11.3 Å². The lowest BCUT2D eigenvalue weighted by Gasteiger charge is -1.90. The third kappa shape index (κ3) is 1.51. The molecule has 0 aliphatic heterocycles. The molecular formula is C12H10N2O2S. The van der Waals surface area contributed by atoms with Gasteiger partial charge in [-0.2, -0.15) is 5.10 Å². The lowest BCUT2D eigenvalue weighted by Crippen LogP contribution is -1.87. The summed E-state index contributed by atoms with van der Waals surface area (Å²) in [6.45, 7) is 1.98. The van der Waals surface area contributed by atoms with Gasteiger partial charge in [0.15, 0.2) is 12.0 Å². The van der Waals surface area contributed by atoms with Crippen molar-refractivity contribution < 1.29 is 9.21 Å². The Bertz CT molecular complexity index is 671. The summed E-state index contributed by atoms with van der Waals surface area (Å²) >= 11 is 1.61. The number of carbonyl (C=O) groups is 1. The molecular weight excluding hydrogens is 236 g/mol. The van der Waals surface area contributed by atoms with Crippen molar-refractivity contribution in [1.29, 1.82) is 0 Å². The number of rotatable bonds is 2. The number of furan rings is 1. The highest BCUT2D eigenvalue weighted by Gasteiger charge is 2.13. The second-order valence-corrected chi connectivity index (χ2v) is 4.89. The number of thiophene rings is 1. The Hall–Kier alpha value is -1.88. The molecule has 0 saturated heterocycles. The van der Waals surface area contributed by atoms with Crippen LogP contribution in [-0.4, -0.2) is 16.1 Å². The zero-order chi connectivity index (χ0) is 12.0. The summed E-state index contributed by atoms with van der Waals surface area (Å²) in [5.41, 5.74) is 1.01. The largest absolute Gasteiger partial charge is 0.452 e. The van der Waals surface area contributed by atoms with E-state index in [9.17, 15) is 4.79 Å². The molecule has 86 valence electrons. The quantitative estimate of drug-likeness (QED) is 0.653. The van der Waals surface area contributed by atoms with Crippen molar-refractivity contribution >= 4 is 27.8 Å². The second kappa shape index (κ2) is 3.56. The molecule has 0 saturated carbocycles. The van der Waals surface area contributed by atoms with Gasteiger partial charge in [0.2, 0.25) is 0 Å². The molecule has 3 aromatic rings. The van der Waals surface area contributed by atoms with Crippen molar-refractivity contribution in [2.45, 2.75) is 6.92 Å². The van der Waals surface area contributed by atoms with Gasteiger partial charge >= 0.3 is 0 Å². The van der Waals surface area contributed by atoms with Gasteiger partial charge in [0, 0.05) is 12.4 Å².